The lowest BCUT2D eigenvalue weighted by atomic mass is 9.97. The average Bonchev–Trinajstić information content (AvgIpc) is 2.82. The van der Waals surface area contributed by atoms with Crippen molar-refractivity contribution >= 4 is 32.5 Å². The number of nitrogens with zero attached hydrogens (tertiary/aromatic N) is 1. The number of fused-ring (bicyclic) bond motifs is 1. The lowest BCUT2D eigenvalue weighted by Crippen LogP contribution is -2.23. The molecule has 0 radical (unpaired) electrons. The van der Waals surface area contributed by atoms with E-state index in [2.05, 4.69) is 4.98 Å². The lowest BCUT2D eigenvalue weighted by Gasteiger charge is -2.14. The van der Waals surface area contributed by atoms with Gasteiger partial charge in [0.05, 0.1) is 16.9 Å². The third-order valence-corrected chi connectivity index (χ3v) is 5.92. The maximum absolute atomic E-state index is 12.8. The van der Waals surface area contributed by atoms with Crippen molar-refractivity contribution in [2.24, 2.45) is 0 Å². The Morgan fingerprint density at radius 2 is 2.00 bits per heavy atom. The average molecular weight is 346 g/mol. The van der Waals surface area contributed by atoms with Crippen LogP contribution in [-0.4, -0.2) is 32.4 Å². The van der Waals surface area contributed by atoms with E-state index in [0.29, 0.717) is 11.4 Å². The monoisotopic (exact) mass is 345 g/mol. The second kappa shape index (κ2) is 5.83. The van der Waals surface area contributed by atoms with Gasteiger partial charge in [-0.2, -0.15) is 0 Å². The second-order valence-corrected chi connectivity index (χ2v) is 9.01. The zero-order chi connectivity index (χ0) is 16.7. The van der Waals surface area contributed by atoms with E-state index in [1.807, 2.05) is 20.8 Å². The van der Waals surface area contributed by atoms with E-state index < -0.39 is 15.1 Å². The number of rotatable bonds is 4. The van der Waals surface area contributed by atoms with Crippen molar-refractivity contribution in [3.05, 3.63) is 23.0 Å². The van der Waals surface area contributed by atoms with E-state index in [1.54, 1.807) is 13.0 Å². The smallest absolute Gasteiger partial charge is 0.200 e. The molecular weight excluding hydrogens is 326 g/mol. The van der Waals surface area contributed by atoms with E-state index in [9.17, 15) is 8.42 Å². The molecule has 0 aliphatic carbocycles. The van der Waals surface area contributed by atoms with Crippen LogP contribution in [-0.2, 0) is 20.0 Å². The summed E-state index contributed by atoms with van der Waals surface area (Å²) in [6, 6.07) is 3.20. The Labute approximate surface area is 135 Å². The largest absolute Gasteiger partial charge is 0.439 e. The Kier molecular flexibility index (Phi) is 4.57. The SMILES string of the molecule is COC[C@H](C)S(=O)(=O)c1c(Cl)ccc2nc(C(C)(C)C)oc12. The molecule has 2 rings (SSSR count). The van der Waals surface area contributed by atoms with E-state index >= 15 is 0 Å². The first kappa shape index (κ1) is 17.2. The van der Waals surface area contributed by atoms with Crippen LogP contribution < -0.4 is 0 Å². The molecule has 0 saturated carbocycles. The number of benzene rings is 1. The number of oxazole rings is 1. The fraction of sp³-hybridized carbons (Fsp3) is 0.533. The number of aromatic nitrogens is 1. The first-order chi connectivity index (χ1) is 10.1. The van der Waals surface area contributed by atoms with E-state index in [-0.39, 0.29) is 27.5 Å². The maximum atomic E-state index is 12.8. The van der Waals surface area contributed by atoms with E-state index in [4.69, 9.17) is 20.8 Å². The molecular formula is C15H20ClNO4S. The number of hydrogen-bond acceptors (Lipinski definition) is 5. The summed E-state index contributed by atoms with van der Waals surface area (Å²) in [7, 11) is -2.22. The van der Waals surface area contributed by atoms with Gasteiger partial charge in [-0.15, -0.1) is 0 Å². The van der Waals surface area contributed by atoms with Gasteiger partial charge < -0.3 is 9.15 Å². The zero-order valence-corrected chi connectivity index (χ0v) is 14.9. The van der Waals surface area contributed by atoms with Crippen molar-refractivity contribution < 1.29 is 17.6 Å². The number of methoxy groups -OCH3 is 1. The van der Waals surface area contributed by atoms with Gasteiger partial charge in [-0.25, -0.2) is 13.4 Å². The molecule has 1 atom stereocenters. The van der Waals surface area contributed by atoms with E-state index in [0.717, 1.165) is 0 Å². The molecule has 0 amide bonds. The lowest BCUT2D eigenvalue weighted by molar-refractivity contribution is 0.200. The molecule has 0 unspecified atom stereocenters. The summed E-state index contributed by atoms with van der Waals surface area (Å²) in [6.07, 6.45) is 0. The van der Waals surface area contributed by atoms with Crippen molar-refractivity contribution in [1.82, 2.24) is 4.98 Å². The van der Waals surface area contributed by atoms with Crippen LogP contribution in [0.2, 0.25) is 5.02 Å². The van der Waals surface area contributed by atoms with Crippen LogP contribution in [0.5, 0.6) is 0 Å². The van der Waals surface area contributed by atoms with Crippen molar-refractivity contribution in [2.45, 2.75) is 43.3 Å². The van der Waals surface area contributed by atoms with Crippen LogP contribution in [0.4, 0.5) is 0 Å². The summed E-state index contributed by atoms with van der Waals surface area (Å²) < 4.78 is 36.2. The number of halogens is 1. The maximum Gasteiger partial charge on any atom is 0.200 e. The first-order valence-electron chi connectivity index (χ1n) is 6.91. The highest BCUT2D eigenvalue weighted by Gasteiger charge is 2.31. The van der Waals surface area contributed by atoms with Crippen molar-refractivity contribution in [1.29, 1.82) is 0 Å². The Balaban J connectivity index is 2.73. The molecule has 0 aliphatic heterocycles. The zero-order valence-electron chi connectivity index (χ0n) is 13.3. The summed E-state index contributed by atoms with van der Waals surface area (Å²) >= 11 is 6.15. The minimum absolute atomic E-state index is 0.0146. The number of ether oxygens (including phenoxy) is 1. The highest BCUT2D eigenvalue weighted by molar-refractivity contribution is 7.92. The van der Waals surface area contributed by atoms with Crippen molar-refractivity contribution in [2.75, 3.05) is 13.7 Å². The molecule has 0 spiro atoms. The Hall–Kier alpha value is -1.11. The molecule has 22 heavy (non-hydrogen) atoms. The highest BCUT2D eigenvalue weighted by atomic mass is 35.5. The third kappa shape index (κ3) is 3.00. The van der Waals surface area contributed by atoms with E-state index in [1.165, 1.54) is 13.2 Å². The van der Waals surface area contributed by atoms with Gasteiger partial charge in [0.25, 0.3) is 0 Å². The Bertz CT molecular complexity index is 790. The molecule has 0 saturated heterocycles. The highest BCUT2D eigenvalue weighted by Crippen LogP contribution is 2.35. The van der Waals surface area contributed by atoms with Gasteiger partial charge in [0.15, 0.2) is 15.4 Å². The molecule has 0 N–H and O–H groups in total. The molecule has 0 fully saturated rings. The minimum atomic E-state index is -3.68. The fourth-order valence-corrected chi connectivity index (χ4v) is 3.99. The standard InChI is InChI=1S/C15H20ClNO4S/c1-9(8-20-5)22(18,19)13-10(16)6-7-11-12(13)21-14(17-11)15(2,3)4/h6-7,9H,8H2,1-5H3/t9-/m0/s1. The molecule has 7 heteroatoms. The topological polar surface area (TPSA) is 69.4 Å². The van der Waals surface area contributed by atoms with Gasteiger partial charge in [0.2, 0.25) is 5.89 Å². The van der Waals surface area contributed by atoms with Crippen LogP contribution in [0.3, 0.4) is 0 Å². The summed E-state index contributed by atoms with van der Waals surface area (Å²) in [6.45, 7) is 7.49. The van der Waals surface area contributed by atoms with Gasteiger partial charge in [0.1, 0.15) is 10.4 Å². The molecule has 2 aromatic rings. The van der Waals surface area contributed by atoms with Gasteiger partial charge in [-0.3, -0.25) is 0 Å². The summed E-state index contributed by atoms with van der Waals surface area (Å²) in [5.74, 6) is 0.473. The third-order valence-electron chi connectivity index (χ3n) is 3.32. The molecule has 1 aromatic carbocycles. The van der Waals surface area contributed by atoms with Crippen LogP contribution in [0.25, 0.3) is 11.1 Å². The molecule has 5 nitrogen and oxygen atoms in total. The van der Waals surface area contributed by atoms with Gasteiger partial charge in [-0.1, -0.05) is 32.4 Å². The van der Waals surface area contributed by atoms with Gasteiger partial charge in [0, 0.05) is 12.5 Å². The Morgan fingerprint density at radius 3 is 2.55 bits per heavy atom. The molecule has 122 valence electrons. The quantitative estimate of drug-likeness (QED) is 0.847. The van der Waals surface area contributed by atoms with Crippen LogP contribution in [0.15, 0.2) is 21.4 Å². The molecule has 1 heterocycles. The molecule has 0 aliphatic rings. The van der Waals surface area contributed by atoms with Gasteiger partial charge >= 0.3 is 0 Å². The molecule has 0 bridgehead atoms. The number of hydrogen-bond donors (Lipinski definition) is 0. The normalized spacial score (nSPS) is 14.5. The summed E-state index contributed by atoms with van der Waals surface area (Å²) in [5, 5.41) is -0.601. The van der Waals surface area contributed by atoms with Crippen LogP contribution in [0, 0.1) is 0 Å². The predicted octanol–water partition coefficient (Wildman–Crippen LogP) is 3.59. The fourth-order valence-electron chi connectivity index (χ4n) is 2.06. The van der Waals surface area contributed by atoms with Crippen LogP contribution >= 0.6 is 11.6 Å². The van der Waals surface area contributed by atoms with Gasteiger partial charge in [-0.05, 0) is 19.1 Å². The van der Waals surface area contributed by atoms with Crippen molar-refractivity contribution in [3.8, 4) is 0 Å². The Morgan fingerprint density at radius 1 is 1.36 bits per heavy atom. The van der Waals surface area contributed by atoms with Crippen molar-refractivity contribution in [3.63, 3.8) is 0 Å². The second-order valence-electron chi connectivity index (χ2n) is 6.30. The summed E-state index contributed by atoms with van der Waals surface area (Å²) in [4.78, 5) is 4.37. The van der Waals surface area contributed by atoms with Crippen LogP contribution in [0.1, 0.15) is 33.6 Å². The minimum Gasteiger partial charge on any atom is -0.439 e. The number of sulfone groups is 1. The predicted molar refractivity (Wildman–Crippen MR) is 86.2 cm³/mol. The first-order valence-corrected chi connectivity index (χ1v) is 8.84. The summed E-state index contributed by atoms with van der Waals surface area (Å²) in [5.41, 5.74) is 0.364. The molecule has 1 aromatic heterocycles.